The third-order valence-corrected chi connectivity index (χ3v) is 2.71. The smallest absolute Gasteiger partial charge is 0.323 e. The van der Waals surface area contributed by atoms with Crippen molar-refractivity contribution in [2.45, 2.75) is 52.1 Å². The van der Waals surface area contributed by atoms with Gasteiger partial charge in [-0.2, -0.15) is 0 Å². The summed E-state index contributed by atoms with van der Waals surface area (Å²) in [5.74, 6) is -0.332. The van der Waals surface area contributed by atoms with Gasteiger partial charge in [0.1, 0.15) is 6.04 Å². The highest BCUT2D eigenvalue weighted by molar-refractivity contribution is 5.75. The summed E-state index contributed by atoms with van der Waals surface area (Å²) in [5.41, 5.74) is 5.75. The number of esters is 1. The molecule has 4 heteroatoms. The average molecular weight is 230 g/mol. The Kier molecular flexibility index (Phi) is 8.21. The third kappa shape index (κ3) is 6.08. The third-order valence-electron chi connectivity index (χ3n) is 2.71. The van der Waals surface area contributed by atoms with Crippen LogP contribution in [-0.2, 0) is 9.53 Å². The largest absolute Gasteiger partial charge is 0.468 e. The molecule has 0 fully saturated rings. The monoisotopic (exact) mass is 230 g/mol. The van der Waals surface area contributed by atoms with E-state index in [0.717, 1.165) is 13.0 Å². The standard InChI is InChI=1S/C12H26N2O2/c1-5-6-7-8-14(10(2)3)9-11(13)12(15)16-4/h10-11H,5-9,13H2,1-4H3. The SMILES string of the molecule is CCCCCN(CC(N)C(=O)OC)C(C)C. The highest BCUT2D eigenvalue weighted by atomic mass is 16.5. The van der Waals surface area contributed by atoms with Gasteiger partial charge in [-0.05, 0) is 26.8 Å². The molecule has 0 saturated carbocycles. The molecule has 4 nitrogen and oxygen atoms in total. The van der Waals surface area contributed by atoms with Gasteiger partial charge in [-0.15, -0.1) is 0 Å². The average Bonchev–Trinajstić information content (AvgIpc) is 2.26. The van der Waals surface area contributed by atoms with Crippen LogP contribution in [0, 0.1) is 0 Å². The quantitative estimate of drug-likeness (QED) is 0.505. The van der Waals surface area contributed by atoms with E-state index in [1.54, 1.807) is 0 Å². The number of methoxy groups -OCH3 is 1. The minimum Gasteiger partial charge on any atom is -0.468 e. The van der Waals surface area contributed by atoms with E-state index in [9.17, 15) is 4.79 Å². The van der Waals surface area contributed by atoms with Crippen LogP contribution in [0.4, 0.5) is 0 Å². The number of unbranched alkanes of at least 4 members (excludes halogenated alkanes) is 2. The lowest BCUT2D eigenvalue weighted by Gasteiger charge is -2.28. The summed E-state index contributed by atoms with van der Waals surface area (Å²) >= 11 is 0. The highest BCUT2D eigenvalue weighted by Crippen LogP contribution is 2.04. The van der Waals surface area contributed by atoms with Crippen LogP contribution in [0.5, 0.6) is 0 Å². The molecule has 0 aromatic heterocycles. The van der Waals surface area contributed by atoms with E-state index in [1.807, 2.05) is 0 Å². The van der Waals surface area contributed by atoms with Gasteiger partial charge in [-0.25, -0.2) is 0 Å². The zero-order valence-corrected chi connectivity index (χ0v) is 11.0. The van der Waals surface area contributed by atoms with Gasteiger partial charge in [0.15, 0.2) is 0 Å². The number of carbonyl (C=O) groups excluding carboxylic acids is 1. The molecule has 1 unspecified atom stereocenters. The first kappa shape index (κ1) is 15.4. The Balaban J connectivity index is 4.06. The van der Waals surface area contributed by atoms with Crippen molar-refractivity contribution < 1.29 is 9.53 Å². The Morgan fingerprint density at radius 3 is 2.44 bits per heavy atom. The van der Waals surface area contributed by atoms with Crippen LogP contribution in [-0.4, -0.2) is 43.2 Å². The molecule has 0 heterocycles. The van der Waals surface area contributed by atoms with Crippen molar-refractivity contribution in [3.8, 4) is 0 Å². The molecule has 0 aliphatic rings. The number of rotatable bonds is 8. The van der Waals surface area contributed by atoms with Crippen molar-refractivity contribution in [3.05, 3.63) is 0 Å². The first-order chi connectivity index (χ1) is 7.52. The van der Waals surface area contributed by atoms with Gasteiger partial charge in [-0.3, -0.25) is 9.69 Å². The summed E-state index contributed by atoms with van der Waals surface area (Å²) in [4.78, 5) is 13.5. The molecule has 0 radical (unpaired) electrons. The topological polar surface area (TPSA) is 55.6 Å². The second-order valence-corrected chi connectivity index (χ2v) is 4.43. The molecule has 16 heavy (non-hydrogen) atoms. The fourth-order valence-electron chi connectivity index (χ4n) is 1.60. The summed E-state index contributed by atoms with van der Waals surface area (Å²) < 4.78 is 4.63. The summed E-state index contributed by atoms with van der Waals surface area (Å²) in [6.07, 6.45) is 3.58. The number of nitrogens with zero attached hydrogens (tertiary/aromatic N) is 1. The van der Waals surface area contributed by atoms with E-state index in [0.29, 0.717) is 12.6 Å². The zero-order chi connectivity index (χ0) is 12.6. The normalized spacial score (nSPS) is 13.2. The van der Waals surface area contributed by atoms with Crippen molar-refractivity contribution in [1.82, 2.24) is 4.90 Å². The molecule has 0 aliphatic carbocycles. The van der Waals surface area contributed by atoms with E-state index in [4.69, 9.17) is 5.73 Å². The molecule has 0 spiro atoms. The maximum absolute atomic E-state index is 11.2. The fraction of sp³-hybridized carbons (Fsp3) is 0.917. The van der Waals surface area contributed by atoms with E-state index in [2.05, 4.69) is 30.4 Å². The number of ether oxygens (including phenoxy) is 1. The second-order valence-electron chi connectivity index (χ2n) is 4.43. The van der Waals surface area contributed by atoms with Gasteiger partial charge in [0.2, 0.25) is 0 Å². The van der Waals surface area contributed by atoms with E-state index < -0.39 is 6.04 Å². The Morgan fingerprint density at radius 2 is 2.00 bits per heavy atom. The molecular weight excluding hydrogens is 204 g/mol. The van der Waals surface area contributed by atoms with Gasteiger partial charge in [-0.1, -0.05) is 19.8 Å². The summed E-state index contributed by atoms with van der Waals surface area (Å²) in [6.45, 7) is 8.00. The van der Waals surface area contributed by atoms with Crippen LogP contribution in [0.1, 0.15) is 40.0 Å². The molecule has 1 atom stereocenters. The Labute approximate surface area is 99.1 Å². The minimum absolute atomic E-state index is 0.332. The van der Waals surface area contributed by atoms with Crippen molar-refractivity contribution in [2.24, 2.45) is 5.73 Å². The Morgan fingerprint density at radius 1 is 1.38 bits per heavy atom. The van der Waals surface area contributed by atoms with Crippen LogP contribution in [0.3, 0.4) is 0 Å². The zero-order valence-electron chi connectivity index (χ0n) is 11.0. The predicted molar refractivity (Wildman–Crippen MR) is 66.2 cm³/mol. The second kappa shape index (κ2) is 8.53. The van der Waals surface area contributed by atoms with E-state index in [-0.39, 0.29) is 5.97 Å². The summed E-state index contributed by atoms with van der Waals surface area (Å²) in [7, 11) is 1.37. The van der Waals surface area contributed by atoms with Crippen molar-refractivity contribution >= 4 is 5.97 Å². The molecule has 0 saturated heterocycles. The van der Waals surface area contributed by atoms with Crippen LogP contribution in [0.15, 0.2) is 0 Å². The lowest BCUT2D eigenvalue weighted by Crippen LogP contribution is -2.46. The predicted octanol–water partition coefficient (Wildman–Crippen LogP) is 1.39. The lowest BCUT2D eigenvalue weighted by atomic mass is 10.2. The number of carbonyl (C=O) groups is 1. The van der Waals surface area contributed by atoms with E-state index in [1.165, 1.54) is 20.0 Å². The van der Waals surface area contributed by atoms with Crippen LogP contribution in [0.25, 0.3) is 0 Å². The first-order valence-electron chi connectivity index (χ1n) is 6.10. The molecule has 0 aromatic rings. The number of hydrogen-bond donors (Lipinski definition) is 1. The molecule has 0 rings (SSSR count). The highest BCUT2D eigenvalue weighted by Gasteiger charge is 2.19. The van der Waals surface area contributed by atoms with Crippen molar-refractivity contribution in [1.29, 1.82) is 0 Å². The molecule has 96 valence electrons. The maximum Gasteiger partial charge on any atom is 0.323 e. The number of hydrogen-bond acceptors (Lipinski definition) is 4. The molecule has 0 aromatic carbocycles. The number of nitrogens with two attached hydrogens (primary N) is 1. The summed E-state index contributed by atoms with van der Waals surface area (Å²) in [5, 5.41) is 0. The van der Waals surface area contributed by atoms with Crippen LogP contribution >= 0.6 is 0 Å². The van der Waals surface area contributed by atoms with Gasteiger partial charge in [0.25, 0.3) is 0 Å². The van der Waals surface area contributed by atoms with Crippen LogP contribution in [0.2, 0.25) is 0 Å². The lowest BCUT2D eigenvalue weighted by molar-refractivity contribution is -0.142. The maximum atomic E-state index is 11.2. The fourth-order valence-corrected chi connectivity index (χ4v) is 1.60. The van der Waals surface area contributed by atoms with Gasteiger partial charge < -0.3 is 10.5 Å². The molecule has 2 N–H and O–H groups in total. The van der Waals surface area contributed by atoms with Crippen molar-refractivity contribution in [2.75, 3.05) is 20.2 Å². The van der Waals surface area contributed by atoms with Gasteiger partial charge in [0, 0.05) is 12.6 Å². The van der Waals surface area contributed by atoms with Crippen LogP contribution < -0.4 is 5.73 Å². The minimum atomic E-state index is -0.533. The van der Waals surface area contributed by atoms with Gasteiger partial charge >= 0.3 is 5.97 Å². The van der Waals surface area contributed by atoms with Crippen molar-refractivity contribution in [3.63, 3.8) is 0 Å². The molecule has 0 aliphatic heterocycles. The molecule has 0 bridgehead atoms. The Bertz CT molecular complexity index is 195. The summed E-state index contributed by atoms with van der Waals surface area (Å²) in [6, 6.07) is -0.124. The van der Waals surface area contributed by atoms with Gasteiger partial charge in [0.05, 0.1) is 7.11 Å². The molecule has 0 amide bonds. The first-order valence-corrected chi connectivity index (χ1v) is 6.10. The Hall–Kier alpha value is -0.610. The molecular formula is C12H26N2O2. The van der Waals surface area contributed by atoms with E-state index >= 15 is 0 Å².